The Bertz CT molecular complexity index is 1410. The van der Waals surface area contributed by atoms with E-state index in [4.69, 9.17) is 4.74 Å². The highest BCUT2D eigenvalue weighted by Crippen LogP contribution is 2.43. The third kappa shape index (κ3) is 4.81. The smallest absolute Gasteiger partial charge is 0.243 e. The predicted octanol–water partition coefficient (Wildman–Crippen LogP) is 5.69. The number of rotatable bonds is 6. The van der Waals surface area contributed by atoms with Crippen molar-refractivity contribution in [2.24, 2.45) is 0 Å². The Balaban J connectivity index is 1.46. The molecule has 0 radical (unpaired) electrons. The van der Waals surface area contributed by atoms with Gasteiger partial charge in [0.15, 0.2) is 0 Å². The number of nitrogens with zero attached hydrogens (tertiary/aromatic N) is 2. The largest absolute Gasteiger partial charge is 0.383 e. The maximum Gasteiger partial charge on any atom is 0.243 e. The summed E-state index contributed by atoms with van der Waals surface area (Å²) in [7, 11) is -1.87. The van der Waals surface area contributed by atoms with Crippen LogP contribution in [0.3, 0.4) is 0 Å². The second-order valence-corrected chi connectivity index (χ2v) is 12.6. The molecule has 0 aliphatic carbocycles. The summed E-state index contributed by atoms with van der Waals surface area (Å²) in [5.41, 5.74) is 5.65. The third-order valence-electron chi connectivity index (χ3n) is 8.52. The van der Waals surface area contributed by atoms with E-state index in [1.54, 1.807) is 23.5 Å². The molecule has 3 aromatic rings. The van der Waals surface area contributed by atoms with Gasteiger partial charge in [-0.3, -0.25) is 4.90 Å². The van der Waals surface area contributed by atoms with Crippen LogP contribution >= 0.6 is 0 Å². The highest BCUT2D eigenvalue weighted by Gasteiger charge is 2.50. The molecule has 0 N–H and O–H groups in total. The Hall–Kier alpha value is -2.58. The van der Waals surface area contributed by atoms with Crippen molar-refractivity contribution in [3.63, 3.8) is 0 Å². The number of hydrogen-bond donors (Lipinski definition) is 0. The van der Waals surface area contributed by atoms with Crippen molar-refractivity contribution in [2.75, 3.05) is 33.4 Å². The molecule has 3 atom stereocenters. The zero-order chi connectivity index (χ0) is 27.0. The summed E-state index contributed by atoms with van der Waals surface area (Å²) in [6.07, 6.45) is 1.79. The number of aryl methyl sites for hydroxylation is 1. The minimum absolute atomic E-state index is 0.0786. The van der Waals surface area contributed by atoms with Crippen LogP contribution in [0.15, 0.2) is 65.6 Å². The summed E-state index contributed by atoms with van der Waals surface area (Å²) in [5, 5.41) is 0. The standard InChI is InChI=1S/C31H37FN2O3S/c1-21-9-5-6-10-30(21)38(35,36)33-17-7-8-18-34-28(19-33)31(29(34)20-37-4)25-13-11-24(12-14-25)26-15-16-27(32)23(3)22(26)2/h5-6,9-16,28-29,31H,7-8,17-20H2,1-4H3/t28-,29?,31?/m0/s1. The molecular weight excluding hydrogens is 499 g/mol. The lowest BCUT2D eigenvalue weighted by Crippen LogP contribution is -2.68. The normalized spacial score (nSPS) is 22.8. The molecule has 0 saturated carbocycles. The van der Waals surface area contributed by atoms with E-state index in [9.17, 15) is 12.8 Å². The minimum atomic E-state index is -3.60. The lowest BCUT2D eigenvalue weighted by atomic mass is 9.74. The molecule has 7 heteroatoms. The molecule has 2 unspecified atom stereocenters. The molecular formula is C31H37FN2O3S. The Morgan fingerprint density at radius 1 is 0.921 bits per heavy atom. The maximum atomic E-state index is 14.0. The van der Waals surface area contributed by atoms with Crippen molar-refractivity contribution in [3.8, 4) is 11.1 Å². The van der Waals surface area contributed by atoms with Crippen LogP contribution in [0.5, 0.6) is 0 Å². The second kappa shape index (κ2) is 10.9. The Labute approximate surface area is 226 Å². The van der Waals surface area contributed by atoms with Gasteiger partial charge in [0.05, 0.1) is 11.5 Å². The average Bonchev–Trinajstić information content (AvgIpc) is 2.89. The molecule has 0 aromatic heterocycles. The van der Waals surface area contributed by atoms with E-state index in [1.807, 2.05) is 39.0 Å². The first-order valence-corrected chi connectivity index (χ1v) is 14.8. The van der Waals surface area contributed by atoms with Gasteiger partial charge in [-0.1, -0.05) is 48.5 Å². The van der Waals surface area contributed by atoms with E-state index in [2.05, 4.69) is 29.2 Å². The highest BCUT2D eigenvalue weighted by molar-refractivity contribution is 7.89. The SMILES string of the molecule is COCC1C(c2ccc(-c3ccc(F)c(C)c3C)cc2)[C@@H]2CN(S(=O)(=O)c3ccccc3C)CCCCN12. The van der Waals surface area contributed by atoms with E-state index in [1.165, 1.54) is 11.6 Å². The molecule has 5 nitrogen and oxygen atoms in total. The monoisotopic (exact) mass is 536 g/mol. The Morgan fingerprint density at radius 3 is 2.34 bits per heavy atom. The Morgan fingerprint density at radius 2 is 1.63 bits per heavy atom. The first-order chi connectivity index (χ1) is 18.2. The lowest BCUT2D eigenvalue weighted by Gasteiger charge is -2.57. The van der Waals surface area contributed by atoms with Gasteiger partial charge in [0.2, 0.25) is 10.0 Å². The van der Waals surface area contributed by atoms with E-state index in [0.717, 1.165) is 41.6 Å². The zero-order valence-electron chi connectivity index (χ0n) is 22.7. The number of hydrogen-bond acceptors (Lipinski definition) is 4. The first kappa shape index (κ1) is 27.0. The predicted molar refractivity (Wildman–Crippen MR) is 149 cm³/mol. The van der Waals surface area contributed by atoms with Crippen molar-refractivity contribution in [1.82, 2.24) is 9.21 Å². The van der Waals surface area contributed by atoms with Crippen molar-refractivity contribution in [2.45, 2.75) is 56.5 Å². The van der Waals surface area contributed by atoms with Crippen LogP contribution < -0.4 is 0 Å². The summed E-state index contributed by atoms with van der Waals surface area (Å²) >= 11 is 0. The van der Waals surface area contributed by atoms with Crippen LogP contribution in [0, 0.1) is 26.6 Å². The van der Waals surface area contributed by atoms with Gasteiger partial charge < -0.3 is 4.74 Å². The van der Waals surface area contributed by atoms with E-state index in [0.29, 0.717) is 30.2 Å². The minimum Gasteiger partial charge on any atom is -0.383 e. The van der Waals surface area contributed by atoms with Crippen LogP contribution in [0.1, 0.15) is 41.0 Å². The Kier molecular flexibility index (Phi) is 7.74. The molecule has 0 spiro atoms. The fourth-order valence-corrected chi connectivity index (χ4v) is 7.97. The summed E-state index contributed by atoms with van der Waals surface area (Å²) in [4.78, 5) is 2.83. The molecule has 2 saturated heterocycles. The first-order valence-electron chi connectivity index (χ1n) is 13.4. The fourth-order valence-electron chi connectivity index (χ4n) is 6.25. The van der Waals surface area contributed by atoms with Crippen LogP contribution in [0.25, 0.3) is 11.1 Å². The number of sulfonamides is 1. The van der Waals surface area contributed by atoms with Gasteiger partial charge in [-0.05, 0) is 85.7 Å². The molecule has 2 aliphatic heterocycles. The fraction of sp³-hybridized carbons (Fsp3) is 0.419. The summed E-state index contributed by atoms with van der Waals surface area (Å²) < 4.78 is 48.8. The molecule has 5 rings (SSSR count). The summed E-state index contributed by atoms with van der Waals surface area (Å²) in [5.74, 6) is -0.0259. The molecule has 2 heterocycles. The number of benzene rings is 3. The van der Waals surface area contributed by atoms with Gasteiger partial charge >= 0.3 is 0 Å². The maximum absolute atomic E-state index is 14.0. The van der Waals surface area contributed by atoms with Crippen LogP contribution in [-0.4, -0.2) is 63.1 Å². The van der Waals surface area contributed by atoms with E-state index < -0.39 is 10.0 Å². The van der Waals surface area contributed by atoms with Crippen molar-refractivity contribution in [1.29, 1.82) is 0 Å². The van der Waals surface area contributed by atoms with Gasteiger partial charge in [0.1, 0.15) is 5.82 Å². The van der Waals surface area contributed by atoms with Crippen molar-refractivity contribution < 1.29 is 17.5 Å². The van der Waals surface area contributed by atoms with Gasteiger partial charge in [-0.15, -0.1) is 0 Å². The van der Waals surface area contributed by atoms with Crippen LogP contribution in [0.2, 0.25) is 0 Å². The third-order valence-corrected chi connectivity index (χ3v) is 10.5. The molecule has 2 fully saturated rings. The topological polar surface area (TPSA) is 49.9 Å². The highest BCUT2D eigenvalue weighted by atomic mass is 32.2. The van der Waals surface area contributed by atoms with Gasteiger partial charge in [-0.25, -0.2) is 12.8 Å². The molecule has 0 amide bonds. The number of ether oxygens (including phenoxy) is 1. The van der Waals surface area contributed by atoms with Crippen LogP contribution in [-0.2, 0) is 14.8 Å². The van der Waals surface area contributed by atoms with E-state index in [-0.39, 0.29) is 23.8 Å². The summed E-state index contributed by atoms with van der Waals surface area (Å²) in [6.45, 7) is 8.16. The summed E-state index contributed by atoms with van der Waals surface area (Å²) in [6, 6.07) is 19.4. The number of fused-ring (bicyclic) bond motifs is 1. The second-order valence-electron chi connectivity index (χ2n) is 10.7. The number of halogens is 1. The number of methoxy groups -OCH3 is 1. The van der Waals surface area contributed by atoms with Gasteiger partial charge in [-0.2, -0.15) is 4.31 Å². The zero-order valence-corrected chi connectivity index (χ0v) is 23.5. The quantitative estimate of drug-likeness (QED) is 0.407. The van der Waals surface area contributed by atoms with Gasteiger partial charge in [0, 0.05) is 38.2 Å². The lowest BCUT2D eigenvalue weighted by molar-refractivity contribution is -0.0635. The molecule has 38 heavy (non-hydrogen) atoms. The molecule has 0 bridgehead atoms. The van der Waals surface area contributed by atoms with Crippen LogP contribution in [0.4, 0.5) is 4.39 Å². The molecule has 202 valence electrons. The molecule has 2 aliphatic rings. The van der Waals surface area contributed by atoms with Crippen molar-refractivity contribution in [3.05, 3.63) is 88.7 Å². The molecule has 3 aromatic carbocycles. The average molecular weight is 537 g/mol. The van der Waals surface area contributed by atoms with Gasteiger partial charge in [0.25, 0.3) is 0 Å². The van der Waals surface area contributed by atoms with Crippen molar-refractivity contribution >= 4 is 10.0 Å². The van der Waals surface area contributed by atoms with E-state index >= 15 is 0 Å².